The van der Waals surface area contributed by atoms with Crippen LogP contribution in [0, 0.1) is 11.3 Å². The van der Waals surface area contributed by atoms with Gasteiger partial charge >= 0.3 is 5.97 Å². The molecule has 0 unspecified atom stereocenters. The van der Waals surface area contributed by atoms with E-state index in [1.807, 2.05) is 36.4 Å². The molecule has 0 bridgehead atoms. The van der Waals surface area contributed by atoms with Crippen LogP contribution in [-0.4, -0.2) is 17.0 Å². The van der Waals surface area contributed by atoms with E-state index >= 15 is 0 Å². The van der Waals surface area contributed by atoms with E-state index in [-0.39, 0.29) is 0 Å². The molecule has 4 heteroatoms. The predicted octanol–water partition coefficient (Wildman–Crippen LogP) is 2.48. The summed E-state index contributed by atoms with van der Waals surface area (Å²) in [5.41, 5.74) is 1.17. The van der Waals surface area contributed by atoms with Crippen LogP contribution in [0.4, 0.5) is 0 Å². The van der Waals surface area contributed by atoms with Gasteiger partial charge in [0, 0.05) is 6.08 Å². The molecular formula is C14H13NO3. The largest absolute Gasteiger partial charge is 0.478 e. The molecule has 0 atom stereocenters. The standard InChI is InChI=1S/C8H8.C3HNO.C3H4O2/c1-2-8-6-4-3-5-7-8;4-2-1-3-5;1-2-3(4)5/h2-7H,1H2;1H;2H,1H2,(H,4,5). The van der Waals surface area contributed by atoms with Gasteiger partial charge in [-0.25, -0.2) is 9.59 Å². The number of carbonyl (C=O) groups excluding carboxylic acids is 1. The lowest BCUT2D eigenvalue weighted by atomic mass is 10.2. The van der Waals surface area contributed by atoms with Crippen molar-refractivity contribution in [1.29, 1.82) is 5.26 Å². The molecular weight excluding hydrogens is 230 g/mol. The van der Waals surface area contributed by atoms with Crippen LogP contribution >= 0.6 is 0 Å². The van der Waals surface area contributed by atoms with Gasteiger partial charge in [-0.2, -0.15) is 5.26 Å². The maximum atomic E-state index is 9.25. The molecule has 0 spiro atoms. The number of hydrogen-bond acceptors (Lipinski definition) is 3. The Kier molecular flexibility index (Phi) is 13.7. The van der Waals surface area contributed by atoms with Gasteiger partial charge in [0.15, 0.2) is 0 Å². The Balaban J connectivity index is 0. The van der Waals surface area contributed by atoms with Crippen LogP contribution in [0.15, 0.2) is 55.6 Å². The lowest BCUT2D eigenvalue weighted by Crippen LogP contribution is -1.82. The van der Waals surface area contributed by atoms with Crippen molar-refractivity contribution < 1.29 is 14.7 Å². The highest BCUT2D eigenvalue weighted by molar-refractivity contribution is 5.78. The Morgan fingerprint density at radius 1 is 1.28 bits per heavy atom. The van der Waals surface area contributed by atoms with Crippen LogP contribution in [-0.2, 0) is 9.59 Å². The van der Waals surface area contributed by atoms with Crippen molar-refractivity contribution in [1.82, 2.24) is 0 Å². The Bertz CT molecular complexity index is 452. The molecule has 0 aliphatic heterocycles. The van der Waals surface area contributed by atoms with E-state index in [2.05, 4.69) is 13.2 Å². The number of nitriles is 1. The summed E-state index contributed by atoms with van der Waals surface area (Å²) in [6.45, 7) is 6.59. The number of allylic oxidation sites excluding steroid dienone is 1. The Morgan fingerprint density at radius 2 is 1.78 bits per heavy atom. The van der Waals surface area contributed by atoms with E-state index in [1.54, 1.807) is 0 Å². The fraction of sp³-hybridized carbons (Fsp3) is 0. The second-order valence-corrected chi connectivity index (χ2v) is 2.55. The number of carboxylic acids is 1. The van der Waals surface area contributed by atoms with Gasteiger partial charge in [-0.05, 0) is 5.56 Å². The second-order valence-electron chi connectivity index (χ2n) is 2.55. The molecule has 1 N–H and O–H groups in total. The minimum absolute atomic E-state index is 0.750. The van der Waals surface area contributed by atoms with Crippen LogP contribution in [0.3, 0.4) is 0 Å². The van der Waals surface area contributed by atoms with Gasteiger partial charge in [-0.3, -0.25) is 0 Å². The summed E-state index contributed by atoms with van der Waals surface area (Å²) in [5.74, 6) is 0.300. The van der Waals surface area contributed by atoms with Crippen molar-refractivity contribution in [2.75, 3.05) is 0 Å². The van der Waals surface area contributed by atoms with Crippen LogP contribution in [0.1, 0.15) is 5.56 Å². The highest BCUT2D eigenvalue weighted by atomic mass is 16.4. The number of hydrogen-bond donors (Lipinski definition) is 1. The topological polar surface area (TPSA) is 78.2 Å². The van der Waals surface area contributed by atoms with E-state index in [4.69, 9.17) is 15.2 Å². The van der Waals surface area contributed by atoms with Crippen LogP contribution in [0.5, 0.6) is 0 Å². The van der Waals surface area contributed by atoms with E-state index in [0.717, 1.165) is 12.2 Å². The van der Waals surface area contributed by atoms with Gasteiger partial charge in [-0.15, -0.1) is 0 Å². The molecule has 4 nitrogen and oxygen atoms in total. The Morgan fingerprint density at radius 3 is 1.94 bits per heavy atom. The van der Waals surface area contributed by atoms with Gasteiger partial charge in [0.25, 0.3) is 0 Å². The zero-order valence-corrected chi connectivity index (χ0v) is 9.74. The molecule has 0 aromatic heterocycles. The fourth-order valence-electron chi connectivity index (χ4n) is 0.615. The van der Waals surface area contributed by atoms with Crippen LogP contribution < -0.4 is 0 Å². The number of benzene rings is 1. The minimum Gasteiger partial charge on any atom is -0.478 e. The number of carbonyl (C=O) groups is 1. The lowest BCUT2D eigenvalue weighted by molar-refractivity contribution is -0.131. The molecule has 18 heavy (non-hydrogen) atoms. The molecule has 0 radical (unpaired) electrons. The average molecular weight is 243 g/mol. The van der Waals surface area contributed by atoms with Crippen molar-refractivity contribution in [3.8, 4) is 6.07 Å². The molecule has 92 valence electrons. The van der Waals surface area contributed by atoms with Crippen molar-refractivity contribution in [2.24, 2.45) is 0 Å². The molecule has 0 aliphatic rings. The molecule has 0 fully saturated rings. The summed E-state index contributed by atoms with van der Waals surface area (Å²) < 4.78 is 0. The molecule has 0 saturated heterocycles. The summed E-state index contributed by atoms with van der Waals surface area (Å²) >= 11 is 0. The van der Waals surface area contributed by atoms with E-state index in [0.29, 0.717) is 0 Å². The third-order valence-corrected chi connectivity index (χ3v) is 1.33. The summed E-state index contributed by atoms with van der Waals surface area (Å²) in [6, 6.07) is 11.5. The zero-order chi connectivity index (χ0) is 14.2. The van der Waals surface area contributed by atoms with Crippen LogP contribution in [0.2, 0.25) is 0 Å². The molecule has 0 heterocycles. The molecule has 0 aliphatic carbocycles. The number of rotatable bonds is 2. The zero-order valence-electron chi connectivity index (χ0n) is 9.74. The van der Waals surface area contributed by atoms with E-state index in [9.17, 15) is 4.79 Å². The molecule has 1 aromatic rings. The van der Waals surface area contributed by atoms with Crippen molar-refractivity contribution in [2.45, 2.75) is 0 Å². The van der Waals surface area contributed by atoms with Crippen molar-refractivity contribution >= 4 is 18.0 Å². The number of aliphatic carboxylic acids is 1. The summed E-state index contributed by atoms with van der Waals surface area (Å²) in [7, 11) is 0. The highest BCUT2D eigenvalue weighted by Gasteiger charge is 1.75. The van der Waals surface area contributed by atoms with Crippen molar-refractivity contribution in [3.05, 3.63) is 61.2 Å². The summed E-state index contributed by atoms with van der Waals surface area (Å²) in [5, 5.41) is 15.1. The molecule has 0 amide bonds. The Hall–Kier alpha value is -2.89. The van der Waals surface area contributed by atoms with Crippen molar-refractivity contribution in [3.63, 3.8) is 0 Å². The SMILES string of the molecule is C=CC(=O)O.C=Cc1ccccc1.N#CC=C=O. The Labute approximate surface area is 106 Å². The average Bonchev–Trinajstić information content (AvgIpc) is 2.42. The van der Waals surface area contributed by atoms with Gasteiger partial charge in [0.2, 0.25) is 0 Å². The third kappa shape index (κ3) is 15.6. The van der Waals surface area contributed by atoms with Gasteiger partial charge in [0.1, 0.15) is 12.0 Å². The molecule has 1 rings (SSSR count). The highest BCUT2D eigenvalue weighted by Crippen LogP contribution is 1.97. The van der Waals surface area contributed by atoms with E-state index < -0.39 is 5.97 Å². The number of carboxylic acid groups (broad SMARTS) is 1. The van der Waals surface area contributed by atoms with Gasteiger partial charge in [0.05, 0.1) is 6.08 Å². The maximum Gasteiger partial charge on any atom is 0.327 e. The van der Waals surface area contributed by atoms with E-state index in [1.165, 1.54) is 17.6 Å². The monoisotopic (exact) mass is 243 g/mol. The lowest BCUT2D eigenvalue weighted by Gasteiger charge is -1.85. The predicted molar refractivity (Wildman–Crippen MR) is 70.2 cm³/mol. The first-order valence-electron chi connectivity index (χ1n) is 4.74. The first-order valence-corrected chi connectivity index (χ1v) is 4.74. The molecule has 0 saturated carbocycles. The fourth-order valence-corrected chi connectivity index (χ4v) is 0.615. The molecule has 1 aromatic carbocycles. The summed E-state index contributed by atoms with van der Waals surface area (Å²) in [6.07, 6.45) is 3.42. The quantitative estimate of drug-likeness (QED) is 0.491. The van der Waals surface area contributed by atoms with Gasteiger partial charge < -0.3 is 5.11 Å². The second kappa shape index (κ2) is 14.1. The summed E-state index contributed by atoms with van der Waals surface area (Å²) in [4.78, 5) is 18.3. The smallest absolute Gasteiger partial charge is 0.327 e. The third-order valence-electron chi connectivity index (χ3n) is 1.33. The minimum atomic E-state index is -0.981. The number of nitrogens with zero attached hydrogens (tertiary/aromatic N) is 1. The first-order chi connectivity index (χ1) is 8.62. The maximum absolute atomic E-state index is 9.25. The van der Waals surface area contributed by atoms with Gasteiger partial charge in [-0.1, -0.05) is 49.6 Å². The van der Waals surface area contributed by atoms with Crippen LogP contribution in [0.25, 0.3) is 6.08 Å². The normalized spacial score (nSPS) is 6.61. The first kappa shape index (κ1) is 17.5.